The topological polar surface area (TPSA) is 38.7 Å². The molecule has 0 aliphatic carbocycles. The molecule has 2 rings (SSSR count). The Bertz CT molecular complexity index is 525. The molecule has 2 aromatic rings. The Hall–Kier alpha value is -1.04. The van der Waals surface area contributed by atoms with Gasteiger partial charge in [0.25, 0.3) is 0 Å². The van der Waals surface area contributed by atoms with Crippen molar-refractivity contribution in [3.8, 4) is 11.5 Å². The molecule has 1 N–H and O–H groups in total. The molecule has 0 spiro atoms. The Labute approximate surface area is 118 Å². The maximum Gasteiger partial charge on any atom is 0.136 e. The van der Waals surface area contributed by atoms with Gasteiger partial charge >= 0.3 is 0 Å². The minimum absolute atomic E-state index is 0.607. The molecule has 0 aliphatic heterocycles. The molecular formula is C13H13BrO3S. The highest BCUT2D eigenvalue weighted by molar-refractivity contribution is 9.10. The maximum absolute atomic E-state index is 10.3. The molecule has 3 nitrogen and oxygen atoms in total. The SMILES string of the molecule is COc1cc(OC)c(C(O)c2cccs2)cc1Br. The molecule has 18 heavy (non-hydrogen) atoms. The monoisotopic (exact) mass is 328 g/mol. The molecule has 0 amide bonds. The summed E-state index contributed by atoms with van der Waals surface area (Å²) in [7, 11) is 3.17. The van der Waals surface area contributed by atoms with Gasteiger partial charge in [-0.25, -0.2) is 0 Å². The third-order valence-electron chi connectivity index (χ3n) is 2.61. The zero-order chi connectivity index (χ0) is 13.1. The number of rotatable bonds is 4. The third-order valence-corrected chi connectivity index (χ3v) is 4.16. The van der Waals surface area contributed by atoms with Crippen molar-refractivity contribution in [1.82, 2.24) is 0 Å². The summed E-state index contributed by atoms with van der Waals surface area (Å²) >= 11 is 4.92. The standard InChI is InChI=1S/C13H13BrO3S/c1-16-10-7-11(17-2)9(14)6-8(10)13(15)12-4-3-5-18-12/h3-7,13,15H,1-2H3. The van der Waals surface area contributed by atoms with Crippen LogP contribution in [0, 0.1) is 0 Å². The minimum Gasteiger partial charge on any atom is -0.496 e. The van der Waals surface area contributed by atoms with Gasteiger partial charge < -0.3 is 14.6 Å². The first kappa shape index (κ1) is 13.4. The van der Waals surface area contributed by atoms with E-state index in [0.29, 0.717) is 17.1 Å². The Balaban J connectivity index is 2.46. The highest BCUT2D eigenvalue weighted by Gasteiger charge is 2.18. The predicted molar refractivity (Wildman–Crippen MR) is 75.6 cm³/mol. The number of thiophene rings is 1. The number of hydrogen-bond acceptors (Lipinski definition) is 4. The smallest absolute Gasteiger partial charge is 0.136 e. The van der Waals surface area contributed by atoms with Crippen LogP contribution >= 0.6 is 27.3 Å². The highest BCUT2D eigenvalue weighted by atomic mass is 79.9. The summed E-state index contributed by atoms with van der Waals surface area (Å²) in [5.41, 5.74) is 0.715. The first-order chi connectivity index (χ1) is 8.67. The van der Waals surface area contributed by atoms with Crippen molar-refractivity contribution < 1.29 is 14.6 Å². The summed E-state index contributed by atoms with van der Waals surface area (Å²) in [6.45, 7) is 0. The average Bonchev–Trinajstić information content (AvgIpc) is 2.91. The van der Waals surface area contributed by atoms with Crippen LogP contribution in [0.3, 0.4) is 0 Å². The van der Waals surface area contributed by atoms with Crippen LogP contribution in [0.25, 0.3) is 0 Å². The van der Waals surface area contributed by atoms with Gasteiger partial charge in [-0.1, -0.05) is 6.07 Å². The number of aliphatic hydroxyl groups is 1. The van der Waals surface area contributed by atoms with Crippen LogP contribution in [0.5, 0.6) is 11.5 Å². The van der Waals surface area contributed by atoms with Crippen LogP contribution in [-0.4, -0.2) is 19.3 Å². The lowest BCUT2D eigenvalue weighted by Crippen LogP contribution is -2.01. The minimum atomic E-state index is -0.692. The maximum atomic E-state index is 10.3. The first-order valence-corrected chi connectivity index (χ1v) is 6.97. The molecule has 0 aliphatic rings. The van der Waals surface area contributed by atoms with E-state index in [1.165, 1.54) is 11.3 Å². The van der Waals surface area contributed by atoms with Crippen molar-refractivity contribution in [3.05, 3.63) is 44.6 Å². The van der Waals surface area contributed by atoms with E-state index in [0.717, 1.165) is 9.35 Å². The quantitative estimate of drug-likeness (QED) is 0.931. The van der Waals surface area contributed by atoms with Gasteiger partial charge in [0.05, 0.1) is 18.7 Å². The van der Waals surface area contributed by atoms with E-state index >= 15 is 0 Å². The van der Waals surface area contributed by atoms with E-state index < -0.39 is 6.10 Å². The van der Waals surface area contributed by atoms with Crippen LogP contribution in [0.15, 0.2) is 34.1 Å². The highest BCUT2D eigenvalue weighted by Crippen LogP contribution is 2.38. The van der Waals surface area contributed by atoms with E-state index in [1.807, 2.05) is 23.6 Å². The lowest BCUT2D eigenvalue weighted by Gasteiger charge is -2.16. The van der Waals surface area contributed by atoms with E-state index in [1.54, 1.807) is 20.3 Å². The lowest BCUT2D eigenvalue weighted by molar-refractivity contribution is 0.218. The van der Waals surface area contributed by atoms with Gasteiger partial charge in [0.1, 0.15) is 17.6 Å². The zero-order valence-corrected chi connectivity index (χ0v) is 12.4. The normalized spacial score (nSPS) is 12.2. The van der Waals surface area contributed by atoms with Gasteiger partial charge in [-0.2, -0.15) is 0 Å². The zero-order valence-electron chi connectivity index (χ0n) is 10.0. The molecular weight excluding hydrogens is 316 g/mol. The van der Waals surface area contributed by atoms with Crippen molar-refractivity contribution in [2.24, 2.45) is 0 Å². The number of ether oxygens (including phenoxy) is 2. The summed E-state index contributed by atoms with van der Waals surface area (Å²) in [5, 5.41) is 12.3. The van der Waals surface area contributed by atoms with Crippen molar-refractivity contribution in [2.75, 3.05) is 14.2 Å². The van der Waals surface area contributed by atoms with Crippen LogP contribution in [-0.2, 0) is 0 Å². The van der Waals surface area contributed by atoms with Crippen LogP contribution in [0.4, 0.5) is 0 Å². The van der Waals surface area contributed by atoms with Gasteiger partial charge in [-0.15, -0.1) is 11.3 Å². The van der Waals surface area contributed by atoms with E-state index in [2.05, 4.69) is 15.9 Å². The van der Waals surface area contributed by atoms with Gasteiger partial charge in [0.15, 0.2) is 0 Å². The second kappa shape index (κ2) is 5.73. The number of benzene rings is 1. The first-order valence-electron chi connectivity index (χ1n) is 5.30. The van der Waals surface area contributed by atoms with Crippen LogP contribution in [0.1, 0.15) is 16.5 Å². The number of hydrogen-bond donors (Lipinski definition) is 1. The fraction of sp³-hybridized carbons (Fsp3) is 0.231. The fourth-order valence-electron chi connectivity index (χ4n) is 1.70. The molecule has 0 saturated carbocycles. The molecule has 1 atom stereocenters. The number of aliphatic hydroxyl groups excluding tert-OH is 1. The summed E-state index contributed by atoms with van der Waals surface area (Å²) in [4.78, 5) is 0.880. The van der Waals surface area contributed by atoms with E-state index in [-0.39, 0.29) is 0 Å². The summed E-state index contributed by atoms with van der Waals surface area (Å²) in [5.74, 6) is 1.28. The van der Waals surface area contributed by atoms with Gasteiger partial charge in [0, 0.05) is 16.5 Å². The largest absolute Gasteiger partial charge is 0.496 e. The molecule has 1 aromatic heterocycles. The fourth-order valence-corrected chi connectivity index (χ4v) is 2.95. The van der Waals surface area contributed by atoms with Crippen LogP contribution in [0.2, 0.25) is 0 Å². The molecule has 0 radical (unpaired) electrons. The molecule has 96 valence electrons. The molecule has 5 heteroatoms. The Morgan fingerprint density at radius 2 is 1.94 bits per heavy atom. The van der Waals surface area contributed by atoms with E-state index in [4.69, 9.17) is 9.47 Å². The van der Waals surface area contributed by atoms with E-state index in [9.17, 15) is 5.11 Å². The molecule has 1 unspecified atom stereocenters. The Kier molecular flexibility index (Phi) is 4.27. The Morgan fingerprint density at radius 1 is 1.22 bits per heavy atom. The van der Waals surface area contributed by atoms with Crippen molar-refractivity contribution in [3.63, 3.8) is 0 Å². The second-order valence-corrected chi connectivity index (χ2v) is 5.48. The number of methoxy groups -OCH3 is 2. The molecule has 0 bridgehead atoms. The van der Waals surface area contributed by atoms with Crippen molar-refractivity contribution in [2.45, 2.75) is 6.10 Å². The molecule has 0 saturated heterocycles. The summed E-state index contributed by atoms with van der Waals surface area (Å²) in [6, 6.07) is 7.39. The molecule has 1 heterocycles. The van der Waals surface area contributed by atoms with Crippen molar-refractivity contribution >= 4 is 27.3 Å². The predicted octanol–water partition coefficient (Wildman–Crippen LogP) is 3.61. The third kappa shape index (κ3) is 2.53. The average molecular weight is 329 g/mol. The Morgan fingerprint density at radius 3 is 2.50 bits per heavy atom. The van der Waals surface area contributed by atoms with Gasteiger partial charge in [0.2, 0.25) is 0 Å². The lowest BCUT2D eigenvalue weighted by atomic mass is 10.1. The van der Waals surface area contributed by atoms with Crippen molar-refractivity contribution in [1.29, 1.82) is 0 Å². The number of halogens is 1. The van der Waals surface area contributed by atoms with Gasteiger partial charge in [-0.3, -0.25) is 0 Å². The van der Waals surface area contributed by atoms with Crippen LogP contribution < -0.4 is 9.47 Å². The molecule has 0 fully saturated rings. The van der Waals surface area contributed by atoms with Gasteiger partial charge in [-0.05, 0) is 33.4 Å². The summed E-state index contributed by atoms with van der Waals surface area (Å²) in [6.07, 6.45) is -0.692. The molecule has 1 aromatic carbocycles. The second-order valence-electron chi connectivity index (χ2n) is 3.65. The summed E-state index contributed by atoms with van der Waals surface area (Å²) < 4.78 is 11.3.